The number of carbonyl (C=O) groups is 1. The molecule has 0 radical (unpaired) electrons. The van der Waals surface area contributed by atoms with E-state index in [2.05, 4.69) is 24.0 Å². The second-order valence-electron chi connectivity index (χ2n) is 8.13. The first kappa shape index (κ1) is 18.0. The highest BCUT2D eigenvalue weighted by molar-refractivity contribution is 5.92. The van der Waals surface area contributed by atoms with Crippen LogP contribution in [0.15, 0.2) is 30.3 Å². The van der Waals surface area contributed by atoms with Crippen molar-refractivity contribution in [3.8, 4) is 5.75 Å². The fraction of sp³-hybridized carbons (Fsp3) is 0.524. The molecule has 2 aliphatic rings. The molecule has 1 aliphatic carbocycles. The van der Waals surface area contributed by atoms with E-state index < -0.39 is 5.60 Å². The largest absolute Gasteiger partial charge is 0.497 e. The van der Waals surface area contributed by atoms with E-state index in [1.165, 1.54) is 0 Å². The summed E-state index contributed by atoms with van der Waals surface area (Å²) in [6.07, 6.45) is 1.66. The summed E-state index contributed by atoms with van der Waals surface area (Å²) in [5, 5.41) is 18.6. The summed E-state index contributed by atoms with van der Waals surface area (Å²) in [6.45, 7) is 5.38. The molecule has 2 N–H and O–H groups in total. The predicted octanol–water partition coefficient (Wildman–Crippen LogP) is 2.91. The number of ether oxygens (including phenoxy) is 1. The smallest absolute Gasteiger partial charge is 0.274 e. The van der Waals surface area contributed by atoms with Gasteiger partial charge in [0, 0.05) is 24.7 Å². The highest BCUT2D eigenvalue weighted by Crippen LogP contribution is 2.50. The monoisotopic (exact) mass is 369 g/mol. The van der Waals surface area contributed by atoms with Gasteiger partial charge < -0.3 is 14.7 Å². The molecule has 1 saturated heterocycles. The average Bonchev–Trinajstić information content (AvgIpc) is 3.38. The molecule has 1 aliphatic heterocycles. The zero-order valence-electron chi connectivity index (χ0n) is 16.1. The quantitative estimate of drug-likeness (QED) is 0.869. The van der Waals surface area contributed by atoms with E-state index in [-0.39, 0.29) is 11.8 Å². The van der Waals surface area contributed by atoms with Crippen LogP contribution >= 0.6 is 0 Å². The number of H-pyrrole nitrogens is 1. The summed E-state index contributed by atoms with van der Waals surface area (Å²) in [4.78, 5) is 14.7. The van der Waals surface area contributed by atoms with E-state index in [1.807, 2.05) is 35.2 Å². The fourth-order valence-electron chi connectivity index (χ4n) is 4.60. The zero-order chi connectivity index (χ0) is 19.2. The van der Waals surface area contributed by atoms with Crippen LogP contribution in [0.25, 0.3) is 0 Å². The van der Waals surface area contributed by atoms with Crippen molar-refractivity contribution in [1.29, 1.82) is 0 Å². The lowest BCUT2D eigenvalue weighted by atomic mass is 9.82. The molecule has 144 valence electrons. The van der Waals surface area contributed by atoms with Gasteiger partial charge in [-0.2, -0.15) is 5.10 Å². The van der Waals surface area contributed by atoms with Crippen molar-refractivity contribution in [2.45, 2.75) is 38.2 Å². The molecule has 0 bridgehead atoms. The third-order valence-corrected chi connectivity index (χ3v) is 6.27. The standard InChI is InChI=1S/C21H27N3O3/c1-13(2)18-10-19(23-22-18)20(25)24-11-14-8-9-21(26,17(14)12-24)15-4-6-16(27-3)7-5-15/h4-7,10,13-14,17,26H,8-9,11-12H2,1-3H3,(H,22,23)/t14-,17+,21+/m1/s1. The zero-order valence-corrected chi connectivity index (χ0v) is 16.1. The molecule has 4 rings (SSSR count). The number of hydrogen-bond donors (Lipinski definition) is 2. The van der Waals surface area contributed by atoms with Crippen molar-refractivity contribution in [1.82, 2.24) is 15.1 Å². The van der Waals surface area contributed by atoms with Gasteiger partial charge in [-0.25, -0.2) is 0 Å². The number of aromatic amines is 1. The van der Waals surface area contributed by atoms with Crippen LogP contribution in [0.5, 0.6) is 5.75 Å². The Labute approximate surface area is 159 Å². The number of benzene rings is 1. The Bertz CT molecular complexity index is 829. The molecule has 2 fully saturated rings. The Balaban J connectivity index is 1.52. The Hall–Kier alpha value is -2.34. The van der Waals surface area contributed by atoms with Crippen LogP contribution in [-0.4, -0.2) is 46.3 Å². The van der Waals surface area contributed by atoms with E-state index in [1.54, 1.807) is 7.11 Å². The summed E-state index contributed by atoms with van der Waals surface area (Å²) in [6, 6.07) is 9.49. The maximum absolute atomic E-state index is 12.9. The first-order chi connectivity index (χ1) is 12.9. The van der Waals surface area contributed by atoms with E-state index in [4.69, 9.17) is 4.74 Å². The highest BCUT2D eigenvalue weighted by atomic mass is 16.5. The molecule has 2 heterocycles. The average molecular weight is 369 g/mol. The van der Waals surface area contributed by atoms with Gasteiger partial charge in [0.05, 0.1) is 12.7 Å². The number of hydrogen-bond acceptors (Lipinski definition) is 4. The number of aromatic nitrogens is 2. The normalized spacial score (nSPS) is 27.2. The van der Waals surface area contributed by atoms with Gasteiger partial charge in [-0.1, -0.05) is 26.0 Å². The first-order valence-electron chi connectivity index (χ1n) is 9.64. The third-order valence-electron chi connectivity index (χ3n) is 6.27. The molecule has 6 nitrogen and oxygen atoms in total. The van der Waals surface area contributed by atoms with Crippen LogP contribution in [0.2, 0.25) is 0 Å². The number of likely N-dealkylation sites (tertiary alicyclic amines) is 1. The van der Waals surface area contributed by atoms with Crippen LogP contribution in [-0.2, 0) is 5.60 Å². The van der Waals surface area contributed by atoms with Crippen LogP contribution in [0.3, 0.4) is 0 Å². The number of methoxy groups -OCH3 is 1. The van der Waals surface area contributed by atoms with Crippen molar-refractivity contribution >= 4 is 5.91 Å². The lowest BCUT2D eigenvalue weighted by Gasteiger charge is -2.30. The SMILES string of the molecule is COc1ccc([C@@]2(O)CC[C@@H]3CN(C(=O)c4cc(C(C)C)[nH]n4)C[C@@H]32)cc1. The molecule has 3 atom stereocenters. The summed E-state index contributed by atoms with van der Waals surface area (Å²) >= 11 is 0. The molecule has 1 amide bonds. The van der Waals surface area contributed by atoms with Gasteiger partial charge in [-0.3, -0.25) is 9.89 Å². The van der Waals surface area contributed by atoms with Gasteiger partial charge in [-0.05, 0) is 48.4 Å². The minimum Gasteiger partial charge on any atom is -0.497 e. The van der Waals surface area contributed by atoms with Crippen LogP contribution in [0.4, 0.5) is 0 Å². The lowest BCUT2D eigenvalue weighted by Crippen LogP contribution is -2.36. The van der Waals surface area contributed by atoms with Gasteiger partial charge in [0.15, 0.2) is 0 Å². The number of aliphatic hydroxyl groups is 1. The topological polar surface area (TPSA) is 78.5 Å². The van der Waals surface area contributed by atoms with Gasteiger partial charge in [0.1, 0.15) is 11.4 Å². The van der Waals surface area contributed by atoms with E-state index in [9.17, 15) is 9.90 Å². The Kier molecular flexibility index (Phi) is 4.46. The van der Waals surface area contributed by atoms with Gasteiger partial charge >= 0.3 is 0 Å². The molecule has 2 aromatic rings. The summed E-state index contributed by atoms with van der Waals surface area (Å²) in [5.41, 5.74) is 1.45. The molecule has 1 aromatic heterocycles. The fourth-order valence-corrected chi connectivity index (χ4v) is 4.60. The summed E-state index contributed by atoms with van der Waals surface area (Å²) in [5.74, 6) is 1.41. The van der Waals surface area contributed by atoms with Crippen molar-refractivity contribution in [3.63, 3.8) is 0 Å². The maximum Gasteiger partial charge on any atom is 0.274 e. The minimum atomic E-state index is -0.888. The second-order valence-corrected chi connectivity index (χ2v) is 8.13. The molecule has 27 heavy (non-hydrogen) atoms. The third kappa shape index (κ3) is 3.02. The first-order valence-corrected chi connectivity index (χ1v) is 9.64. The number of amides is 1. The molecular weight excluding hydrogens is 342 g/mol. The number of fused-ring (bicyclic) bond motifs is 1. The van der Waals surface area contributed by atoms with Gasteiger partial charge in [0.25, 0.3) is 5.91 Å². The molecule has 1 aromatic carbocycles. The lowest BCUT2D eigenvalue weighted by molar-refractivity contribution is -0.00594. The number of nitrogens with one attached hydrogen (secondary N) is 1. The van der Waals surface area contributed by atoms with Crippen molar-refractivity contribution in [2.24, 2.45) is 11.8 Å². The Morgan fingerprint density at radius 3 is 2.70 bits per heavy atom. The van der Waals surface area contributed by atoms with Gasteiger partial charge in [0.2, 0.25) is 0 Å². The molecule has 1 saturated carbocycles. The highest BCUT2D eigenvalue weighted by Gasteiger charge is 2.53. The van der Waals surface area contributed by atoms with Gasteiger partial charge in [-0.15, -0.1) is 0 Å². The van der Waals surface area contributed by atoms with E-state index in [0.717, 1.165) is 29.8 Å². The van der Waals surface area contributed by atoms with Crippen molar-refractivity contribution in [2.75, 3.05) is 20.2 Å². The summed E-state index contributed by atoms with van der Waals surface area (Å²) < 4.78 is 5.22. The van der Waals surface area contributed by atoms with Crippen LogP contribution < -0.4 is 4.74 Å². The van der Waals surface area contributed by atoms with Crippen LogP contribution in [0.1, 0.15) is 54.4 Å². The predicted molar refractivity (Wildman–Crippen MR) is 102 cm³/mol. The molecular formula is C21H27N3O3. The second kappa shape index (κ2) is 6.68. The number of nitrogens with zero attached hydrogens (tertiary/aromatic N) is 2. The Morgan fingerprint density at radius 2 is 2.07 bits per heavy atom. The summed E-state index contributed by atoms with van der Waals surface area (Å²) in [7, 11) is 1.63. The number of carbonyl (C=O) groups excluding carboxylic acids is 1. The van der Waals surface area contributed by atoms with Crippen molar-refractivity contribution < 1.29 is 14.6 Å². The molecule has 0 unspecified atom stereocenters. The van der Waals surface area contributed by atoms with Crippen molar-refractivity contribution in [3.05, 3.63) is 47.3 Å². The molecule has 6 heteroatoms. The molecule has 0 spiro atoms. The number of rotatable bonds is 4. The van der Waals surface area contributed by atoms with E-state index >= 15 is 0 Å². The van der Waals surface area contributed by atoms with Crippen LogP contribution in [0, 0.1) is 11.8 Å². The Morgan fingerprint density at radius 1 is 1.33 bits per heavy atom. The van der Waals surface area contributed by atoms with E-state index in [0.29, 0.717) is 30.6 Å². The maximum atomic E-state index is 12.9. The minimum absolute atomic E-state index is 0.0513.